The van der Waals surface area contributed by atoms with Gasteiger partial charge in [0, 0.05) is 10.7 Å². The Hall–Kier alpha value is -2.97. The molecular weight excluding hydrogens is 376 g/mol. The van der Waals surface area contributed by atoms with E-state index in [-0.39, 0.29) is 5.57 Å². The first-order valence-electron chi connectivity index (χ1n) is 9.07. The number of hydrogen-bond acceptors (Lipinski definition) is 4. The summed E-state index contributed by atoms with van der Waals surface area (Å²) in [6.45, 7) is 2.75. The first kappa shape index (κ1) is 21.3. The van der Waals surface area contributed by atoms with Gasteiger partial charge in [-0.1, -0.05) is 37.4 Å². The second-order valence-electron chi connectivity index (χ2n) is 6.10. The second-order valence-corrected chi connectivity index (χ2v) is 6.53. The number of anilines is 1. The SMILES string of the molecule is CCCCCOc1ccc(/C=C(\C#N)C(=O)Nc2ccc(Cl)cc2)cc1OC. The van der Waals surface area contributed by atoms with Crippen LogP contribution < -0.4 is 14.8 Å². The molecule has 28 heavy (non-hydrogen) atoms. The van der Waals surface area contributed by atoms with Crippen molar-refractivity contribution in [1.82, 2.24) is 0 Å². The maximum absolute atomic E-state index is 12.4. The molecule has 0 heterocycles. The average molecular weight is 399 g/mol. The van der Waals surface area contributed by atoms with E-state index in [1.165, 1.54) is 6.08 Å². The molecule has 0 spiro atoms. The highest BCUT2D eigenvalue weighted by atomic mass is 35.5. The highest BCUT2D eigenvalue weighted by Crippen LogP contribution is 2.29. The molecule has 0 aliphatic heterocycles. The zero-order valence-corrected chi connectivity index (χ0v) is 16.8. The van der Waals surface area contributed by atoms with Crippen LogP contribution in [0.4, 0.5) is 5.69 Å². The van der Waals surface area contributed by atoms with E-state index in [1.54, 1.807) is 49.6 Å². The number of halogens is 1. The molecule has 2 aromatic carbocycles. The smallest absolute Gasteiger partial charge is 0.266 e. The number of hydrogen-bond donors (Lipinski definition) is 1. The maximum atomic E-state index is 12.4. The van der Waals surface area contributed by atoms with Crippen LogP contribution in [0.5, 0.6) is 11.5 Å². The lowest BCUT2D eigenvalue weighted by Gasteiger charge is -2.11. The molecule has 0 saturated heterocycles. The van der Waals surface area contributed by atoms with Gasteiger partial charge in [-0.05, 0) is 54.5 Å². The van der Waals surface area contributed by atoms with Crippen LogP contribution in [0, 0.1) is 11.3 Å². The first-order chi connectivity index (χ1) is 13.6. The van der Waals surface area contributed by atoms with Crippen molar-refractivity contribution in [1.29, 1.82) is 5.26 Å². The van der Waals surface area contributed by atoms with Crippen LogP contribution in [0.15, 0.2) is 48.0 Å². The Morgan fingerprint density at radius 1 is 1.18 bits per heavy atom. The number of amides is 1. The Kier molecular flexibility index (Phi) is 8.38. The maximum Gasteiger partial charge on any atom is 0.266 e. The number of nitrogens with zero attached hydrogens (tertiary/aromatic N) is 1. The van der Waals surface area contributed by atoms with Gasteiger partial charge in [0.25, 0.3) is 5.91 Å². The zero-order chi connectivity index (χ0) is 20.4. The molecule has 0 bridgehead atoms. The van der Waals surface area contributed by atoms with Gasteiger partial charge >= 0.3 is 0 Å². The van der Waals surface area contributed by atoms with E-state index in [0.29, 0.717) is 34.4 Å². The number of methoxy groups -OCH3 is 1. The van der Waals surface area contributed by atoms with Gasteiger partial charge < -0.3 is 14.8 Å². The molecule has 0 aromatic heterocycles. The number of ether oxygens (including phenoxy) is 2. The van der Waals surface area contributed by atoms with Crippen molar-refractivity contribution in [3.05, 3.63) is 58.6 Å². The summed E-state index contributed by atoms with van der Waals surface area (Å²) in [5.74, 6) is 0.698. The summed E-state index contributed by atoms with van der Waals surface area (Å²) < 4.78 is 11.1. The topological polar surface area (TPSA) is 71.3 Å². The molecule has 2 aromatic rings. The fourth-order valence-electron chi connectivity index (χ4n) is 2.47. The third-order valence-electron chi connectivity index (χ3n) is 3.97. The van der Waals surface area contributed by atoms with E-state index in [9.17, 15) is 10.1 Å². The molecule has 0 atom stereocenters. The lowest BCUT2D eigenvalue weighted by molar-refractivity contribution is -0.112. The number of carbonyl (C=O) groups is 1. The van der Waals surface area contributed by atoms with Crippen molar-refractivity contribution >= 4 is 29.3 Å². The van der Waals surface area contributed by atoms with E-state index in [4.69, 9.17) is 21.1 Å². The van der Waals surface area contributed by atoms with Gasteiger partial charge in [0.15, 0.2) is 11.5 Å². The summed E-state index contributed by atoms with van der Waals surface area (Å²) in [7, 11) is 1.56. The summed E-state index contributed by atoms with van der Waals surface area (Å²) in [4.78, 5) is 12.4. The number of unbranched alkanes of at least 4 members (excludes halogenated alkanes) is 2. The quantitative estimate of drug-likeness (QED) is 0.345. The van der Waals surface area contributed by atoms with Gasteiger partial charge in [-0.3, -0.25) is 4.79 Å². The van der Waals surface area contributed by atoms with Crippen molar-refractivity contribution in [2.24, 2.45) is 0 Å². The standard InChI is InChI=1S/C22H23ClN2O3/c1-3-4-5-12-28-20-11-6-16(14-21(20)27-2)13-17(15-24)22(26)25-19-9-7-18(23)8-10-19/h6-11,13-14H,3-5,12H2,1-2H3,(H,25,26)/b17-13+. The molecule has 6 heteroatoms. The van der Waals surface area contributed by atoms with Gasteiger partial charge in [-0.15, -0.1) is 0 Å². The minimum Gasteiger partial charge on any atom is -0.493 e. The van der Waals surface area contributed by atoms with Gasteiger partial charge in [0.2, 0.25) is 0 Å². The second kappa shape index (κ2) is 11.0. The van der Waals surface area contributed by atoms with Crippen molar-refractivity contribution in [3.8, 4) is 17.6 Å². The van der Waals surface area contributed by atoms with Crippen LogP contribution in [0.3, 0.4) is 0 Å². The van der Waals surface area contributed by atoms with Crippen LogP contribution in [-0.4, -0.2) is 19.6 Å². The number of nitriles is 1. The summed E-state index contributed by atoms with van der Waals surface area (Å²) in [5, 5.41) is 12.6. The van der Waals surface area contributed by atoms with Crippen LogP contribution in [-0.2, 0) is 4.79 Å². The van der Waals surface area contributed by atoms with E-state index in [1.807, 2.05) is 6.07 Å². The first-order valence-corrected chi connectivity index (χ1v) is 9.44. The van der Waals surface area contributed by atoms with Crippen molar-refractivity contribution in [2.75, 3.05) is 19.0 Å². The number of rotatable bonds is 9. The minimum absolute atomic E-state index is 0.0198. The molecule has 5 nitrogen and oxygen atoms in total. The monoisotopic (exact) mass is 398 g/mol. The Labute approximate surface area is 170 Å². The van der Waals surface area contributed by atoms with Gasteiger partial charge in [0.05, 0.1) is 13.7 Å². The fourth-order valence-corrected chi connectivity index (χ4v) is 2.60. The number of nitrogens with one attached hydrogen (secondary N) is 1. The normalized spacial score (nSPS) is 10.9. The van der Waals surface area contributed by atoms with Crippen molar-refractivity contribution in [2.45, 2.75) is 26.2 Å². The van der Waals surface area contributed by atoms with E-state index in [0.717, 1.165) is 19.3 Å². The van der Waals surface area contributed by atoms with Crippen LogP contribution in [0.1, 0.15) is 31.7 Å². The number of carbonyl (C=O) groups excluding carboxylic acids is 1. The van der Waals surface area contributed by atoms with E-state index < -0.39 is 5.91 Å². The highest BCUT2D eigenvalue weighted by Gasteiger charge is 2.11. The Balaban J connectivity index is 2.13. The molecule has 146 valence electrons. The third-order valence-corrected chi connectivity index (χ3v) is 4.22. The molecule has 0 saturated carbocycles. The van der Waals surface area contributed by atoms with Gasteiger partial charge in [-0.25, -0.2) is 0 Å². The molecule has 1 N–H and O–H groups in total. The zero-order valence-electron chi connectivity index (χ0n) is 16.0. The predicted molar refractivity (Wildman–Crippen MR) is 112 cm³/mol. The fraction of sp³-hybridized carbons (Fsp3) is 0.273. The van der Waals surface area contributed by atoms with Crippen molar-refractivity contribution in [3.63, 3.8) is 0 Å². The Bertz CT molecular complexity index is 870. The Morgan fingerprint density at radius 2 is 1.93 bits per heavy atom. The molecular formula is C22H23ClN2O3. The third kappa shape index (κ3) is 6.33. The van der Waals surface area contributed by atoms with Crippen LogP contribution in [0.25, 0.3) is 6.08 Å². The Morgan fingerprint density at radius 3 is 2.57 bits per heavy atom. The summed E-state index contributed by atoms with van der Waals surface area (Å²) >= 11 is 5.84. The molecule has 0 aliphatic carbocycles. The lowest BCUT2D eigenvalue weighted by Crippen LogP contribution is -2.13. The minimum atomic E-state index is -0.497. The predicted octanol–water partition coefficient (Wildman–Crippen LogP) is 5.46. The van der Waals surface area contributed by atoms with E-state index >= 15 is 0 Å². The highest BCUT2D eigenvalue weighted by molar-refractivity contribution is 6.30. The largest absolute Gasteiger partial charge is 0.493 e. The summed E-state index contributed by atoms with van der Waals surface area (Å²) in [6.07, 6.45) is 4.72. The van der Waals surface area contributed by atoms with E-state index in [2.05, 4.69) is 12.2 Å². The summed E-state index contributed by atoms with van der Waals surface area (Å²) in [6, 6.07) is 13.9. The molecule has 0 unspecified atom stereocenters. The van der Waals surface area contributed by atoms with Gasteiger partial charge in [-0.2, -0.15) is 5.26 Å². The van der Waals surface area contributed by atoms with Crippen molar-refractivity contribution < 1.29 is 14.3 Å². The van der Waals surface area contributed by atoms with Crippen LogP contribution >= 0.6 is 11.6 Å². The molecule has 0 fully saturated rings. The summed E-state index contributed by atoms with van der Waals surface area (Å²) in [5.41, 5.74) is 1.21. The molecule has 0 radical (unpaired) electrons. The number of benzene rings is 2. The lowest BCUT2D eigenvalue weighted by atomic mass is 10.1. The average Bonchev–Trinajstić information content (AvgIpc) is 2.71. The molecule has 0 aliphatic rings. The molecule has 1 amide bonds. The van der Waals surface area contributed by atoms with Crippen LogP contribution in [0.2, 0.25) is 5.02 Å². The van der Waals surface area contributed by atoms with Gasteiger partial charge in [0.1, 0.15) is 11.6 Å². The molecule has 2 rings (SSSR count).